The summed E-state index contributed by atoms with van der Waals surface area (Å²) in [4.78, 5) is 27.6. The molecule has 1 heterocycles. The smallest absolute Gasteiger partial charge is 0.317 e. The van der Waals surface area contributed by atoms with Gasteiger partial charge in [0.1, 0.15) is 0 Å². The van der Waals surface area contributed by atoms with Crippen LogP contribution in [0.15, 0.2) is 0 Å². The molecular weight excluding hydrogens is 270 g/mol. The normalized spacial score (nSPS) is 27.7. The Morgan fingerprint density at radius 1 is 1.10 bits per heavy atom. The number of carboxylic acid groups (broad SMARTS) is 1. The molecule has 1 aliphatic heterocycles. The average molecular weight is 297 g/mol. The third-order valence-corrected chi connectivity index (χ3v) is 4.66. The van der Waals surface area contributed by atoms with E-state index in [1.165, 1.54) is 0 Å². The second kappa shape index (κ2) is 6.22. The van der Waals surface area contributed by atoms with Crippen LogP contribution in [0.1, 0.15) is 40.0 Å². The van der Waals surface area contributed by atoms with Crippen molar-refractivity contribution >= 4 is 12.0 Å². The largest absolute Gasteiger partial charge is 0.481 e. The van der Waals surface area contributed by atoms with Crippen LogP contribution in [0.2, 0.25) is 0 Å². The van der Waals surface area contributed by atoms with E-state index in [4.69, 9.17) is 5.11 Å². The van der Waals surface area contributed by atoms with Crippen LogP contribution in [-0.4, -0.2) is 64.7 Å². The van der Waals surface area contributed by atoms with Crippen molar-refractivity contribution in [3.05, 3.63) is 0 Å². The molecular formula is C15H27N3O3. The van der Waals surface area contributed by atoms with Crippen LogP contribution in [0, 0.1) is 5.92 Å². The number of hydrogen-bond donors (Lipinski definition) is 2. The van der Waals surface area contributed by atoms with Gasteiger partial charge in [-0.1, -0.05) is 6.42 Å². The minimum Gasteiger partial charge on any atom is -0.481 e. The van der Waals surface area contributed by atoms with E-state index in [1.54, 1.807) is 4.90 Å². The topological polar surface area (TPSA) is 72.9 Å². The zero-order valence-corrected chi connectivity index (χ0v) is 13.3. The highest BCUT2D eigenvalue weighted by atomic mass is 16.4. The lowest BCUT2D eigenvalue weighted by Crippen LogP contribution is -2.57. The van der Waals surface area contributed by atoms with Crippen molar-refractivity contribution in [3.63, 3.8) is 0 Å². The highest BCUT2D eigenvalue weighted by Gasteiger charge is 2.35. The molecule has 0 aromatic carbocycles. The lowest BCUT2D eigenvalue weighted by atomic mass is 10.0. The fourth-order valence-corrected chi connectivity index (χ4v) is 3.26. The molecule has 0 aromatic rings. The number of urea groups is 1. The van der Waals surface area contributed by atoms with Gasteiger partial charge < -0.3 is 15.3 Å². The molecule has 2 fully saturated rings. The van der Waals surface area contributed by atoms with E-state index < -0.39 is 11.9 Å². The number of carboxylic acids is 1. The number of carbonyl (C=O) groups excluding carboxylic acids is 1. The predicted octanol–water partition coefficient (Wildman–Crippen LogP) is 1.37. The molecule has 21 heavy (non-hydrogen) atoms. The van der Waals surface area contributed by atoms with Gasteiger partial charge in [0.05, 0.1) is 5.92 Å². The second-order valence-electron chi connectivity index (χ2n) is 7.08. The maximum absolute atomic E-state index is 12.3. The van der Waals surface area contributed by atoms with E-state index in [0.717, 1.165) is 25.9 Å². The highest BCUT2D eigenvalue weighted by molar-refractivity contribution is 5.77. The number of rotatable bonds is 2. The number of hydrogen-bond acceptors (Lipinski definition) is 3. The van der Waals surface area contributed by atoms with Crippen molar-refractivity contribution < 1.29 is 14.7 Å². The molecule has 6 nitrogen and oxygen atoms in total. The van der Waals surface area contributed by atoms with Crippen LogP contribution in [0.5, 0.6) is 0 Å². The maximum Gasteiger partial charge on any atom is 0.317 e. The molecule has 0 spiro atoms. The van der Waals surface area contributed by atoms with Crippen molar-refractivity contribution in [2.24, 2.45) is 5.92 Å². The summed E-state index contributed by atoms with van der Waals surface area (Å²) in [6.45, 7) is 9.67. The molecule has 0 radical (unpaired) electrons. The summed E-state index contributed by atoms with van der Waals surface area (Å²) < 4.78 is 0. The summed E-state index contributed by atoms with van der Waals surface area (Å²) in [5.41, 5.74) is 0.127. The molecule has 2 unspecified atom stereocenters. The Balaban J connectivity index is 1.84. The van der Waals surface area contributed by atoms with Gasteiger partial charge in [-0.3, -0.25) is 9.69 Å². The molecule has 1 saturated heterocycles. The Hall–Kier alpha value is -1.30. The Morgan fingerprint density at radius 3 is 2.24 bits per heavy atom. The molecule has 2 N–H and O–H groups in total. The van der Waals surface area contributed by atoms with Crippen molar-refractivity contribution in [3.8, 4) is 0 Å². The van der Waals surface area contributed by atoms with Gasteiger partial charge in [0.15, 0.2) is 0 Å². The monoisotopic (exact) mass is 297 g/mol. The van der Waals surface area contributed by atoms with Crippen LogP contribution >= 0.6 is 0 Å². The first-order valence-corrected chi connectivity index (χ1v) is 7.82. The highest BCUT2D eigenvalue weighted by Crippen LogP contribution is 2.26. The molecule has 2 aliphatic rings. The minimum atomic E-state index is -0.796. The number of nitrogens with zero attached hydrogens (tertiary/aromatic N) is 2. The number of carbonyl (C=O) groups is 2. The van der Waals surface area contributed by atoms with E-state index >= 15 is 0 Å². The van der Waals surface area contributed by atoms with E-state index in [0.29, 0.717) is 19.5 Å². The summed E-state index contributed by atoms with van der Waals surface area (Å²) in [6, 6.07) is -0.322. The van der Waals surface area contributed by atoms with Gasteiger partial charge in [-0.25, -0.2) is 4.79 Å². The van der Waals surface area contributed by atoms with Gasteiger partial charge >= 0.3 is 12.0 Å². The van der Waals surface area contributed by atoms with Gasteiger partial charge in [0, 0.05) is 37.8 Å². The molecule has 2 amide bonds. The van der Waals surface area contributed by atoms with Crippen LogP contribution in [0.25, 0.3) is 0 Å². The van der Waals surface area contributed by atoms with Crippen LogP contribution in [0.3, 0.4) is 0 Å². The summed E-state index contributed by atoms with van der Waals surface area (Å²) in [7, 11) is 0. The van der Waals surface area contributed by atoms with Crippen molar-refractivity contribution in [1.29, 1.82) is 0 Å². The fourth-order valence-electron chi connectivity index (χ4n) is 3.26. The van der Waals surface area contributed by atoms with Crippen molar-refractivity contribution in [2.75, 3.05) is 26.2 Å². The summed E-state index contributed by atoms with van der Waals surface area (Å²) >= 11 is 0. The first-order chi connectivity index (χ1) is 9.79. The molecule has 1 saturated carbocycles. The molecule has 2 atom stereocenters. The molecule has 0 bridgehead atoms. The molecule has 6 heteroatoms. The number of amides is 2. The van der Waals surface area contributed by atoms with Crippen LogP contribution in [0.4, 0.5) is 4.79 Å². The lowest BCUT2D eigenvalue weighted by Gasteiger charge is -2.42. The standard InChI is InChI=1S/C15H27N3O3/c1-15(2,3)18-9-7-17(8-10-18)14(21)16-12-6-4-5-11(12)13(19)20/h11-12H,4-10H2,1-3H3,(H,16,21)(H,19,20). The first-order valence-electron chi connectivity index (χ1n) is 7.82. The zero-order valence-electron chi connectivity index (χ0n) is 13.3. The van der Waals surface area contributed by atoms with Crippen LogP contribution in [-0.2, 0) is 4.79 Å². The van der Waals surface area contributed by atoms with E-state index in [-0.39, 0.29) is 17.6 Å². The zero-order chi connectivity index (χ0) is 15.6. The molecule has 120 valence electrons. The van der Waals surface area contributed by atoms with E-state index in [2.05, 4.69) is 31.0 Å². The summed E-state index contributed by atoms with van der Waals surface area (Å²) in [5.74, 6) is -1.22. The number of piperazine rings is 1. The van der Waals surface area contributed by atoms with Gasteiger partial charge in [0.2, 0.25) is 0 Å². The van der Waals surface area contributed by atoms with Gasteiger partial charge in [-0.15, -0.1) is 0 Å². The average Bonchev–Trinajstić information content (AvgIpc) is 2.86. The summed E-state index contributed by atoms with van der Waals surface area (Å²) in [6.07, 6.45) is 2.31. The lowest BCUT2D eigenvalue weighted by molar-refractivity contribution is -0.142. The number of aliphatic carboxylic acids is 1. The summed E-state index contributed by atoms with van der Waals surface area (Å²) in [5, 5.41) is 12.1. The van der Waals surface area contributed by atoms with Gasteiger partial charge in [-0.05, 0) is 33.6 Å². The predicted molar refractivity (Wildman–Crippen MR) is 80.2 cm³/mol. The quantitative estimate of drug-likeness (QED) is 0.807. The Kier molecular flexibility index (Phi) is 4.76. The molecule has 1 aliphatic carbocycles. The third-order valence-electron chi connectivity index (χ3n) is 4.66. The SMILES string of the molecule is CC(C)(C)N1CCN(C(=O)NC2CCCC2C(=O)O)CC1. The second-order valence-corrected chi connectivity index (χ2v) is 7.08. The van der Waals surface area contributed by atoms with Crippen molar-refractivity contribution in [2.45, 2.75) is 51.6 Å². The molecule has 2 rings (SSSR count). The Labute approximate surface area is 126 Å². The van der Waals surface area contributed by atoms with E-state index in [9.17, 15) is 9.59 Å². The fraction of sp³-hybridized carbons (Fsp3) is 0.867. The Morgan fingerprint density at radius 2 is 1.71 bits per heavy atom. The van der Waals surface area contributed by atoms with Gasteiger partial charge in [0.25, 0.3) is 0 Å². The minimum absolute atomic E-state index is 0.110. The third kappa shape index (κ3) is 3.87. The molecule has 0 aromatic heterocycles. The maximum atomic E-state index is 12.3. The van der Waals surface area contributed by atoms with Crippen LogP contribution < -0.4 is 5.32 Å². The first kappa shape index (κ1) is 16.1. The Bertz CT molecular complexity index is 397. The number of nitrogens with one attached hydrogen (secondary N) is 1. The van der Waals surface area contributed by atoms with E-state index in [1.807, 2.05) is 0 Å². The van der Waals surface area contributed by atoms with Crippen molar-refractivity contribution in [1.82, 2.24) is 15.1 Å². The van der Waals surface area contributed by atoms with Gasteiger partial charge in [-0.2, -0.15) is 0 Å².